The average Bonchev–Trinajstić information content (AvgIpc) is 2.59. The van der Waals surface area contributed by atoms with Gasteiger partial charge < -0.3 is 4.90 Å². The molecule has 2 aromatic rings. The van der Waals surface area contributed by atoms with Gasteiger partial charge >= 0.3 is 6.18 Å². The molecule has 2 heterocycles. The predicted molar refractivity (Wildman–Crippen MR) is 90.8 cm³/mol. The van der Waals surface area contributed by atoms with Crippen LogP contribution in [-0.4, -0.2) is 36.1 Å². The molecular weight excluding hydrogens is 421 g/mol. The van der Waals surface area contributed by atoms with E-state index < -0.39 is 17.6 Å². The Morgan fingerprint density at radius 3 is 2.38 bits per heavy atom. The highest BCUT2D eigenvalue weighted by Crippen LogP contribution is 2.31. The number of benzene rings is 1. The Bertz CT molecular complexity index is 788. The molecule has 0 atom stereocenters. The van der Waals surface area contributed by atoms with Crippen molar-refractivity contribution in [2.45, 2.75) is 12.7 Å². The molecule has 3 nitrogen and oxygen atoms in total. The summed E-state index contributed by atoms with van der Waals surface area (Å²) in [6.45, 7) is 2.24. The number of anilines is 1. The highest BCUT2D eigenvalue weighted by molar-refractivity contribution is 9.10. The monoisotopic (exact) mass is 435 g/mol. The van der Waals surface area contributed by atoms with Gasteiger partial charge in [-0.2, -0.15) is 13.2 Å². The zero-order valence-corrected chi connectivity index (χ0v) is 15.1. The van der Waals surface area contributed by atoms with E-state index in [1.165, 1.54) is 0 Å². The lowest BCUT2D eigenvalue weighted by atomic mass is 10.2. The normalized spacial score (nSPS) is 16.2. The Hall–Kier alpha value is -1.74. The third kappa shape index (κ3) is 4.15. The van der Waals surface area contributed by atoms with E-state index in [1.54, 1.807) is 23.1 Å². The number of hydrogen-bond donors (Lipinski definition) is 0. The smallest absolute Gasteiger partial charge is 0.352 e. The van der Waals surface area contributed by atoms with Crippen LogP contribution in [0.15, 0.2) is 34.9 Å². The summed E-state index contributed by atoms with van der Waals surface area (Å²) in [6, 6.07) is 5.53. The third-order valence-electron chi connectivity index (χ3n) is 4.25. The molecule has 0 amide bonds. The maximum atomic E-state index is 14.0. The molecule has 1 saturated heterocycles. The fourth-order valence-corrected chi connectivity index (χ4v) is 3.25. The van der Waals surface area contributed by atoms with Crippen LogP contribution >= 0.6 is 15.9 Å². The van der Waals surface area contributed by atoms with Gasteiger partial charge in [0.15, 0.2) is 11.6 Å². The summed E-state index contributed by atoms with van der Waals surface area (Å²) in [7, 11) is 0. The molecule has 1 aromatic heterocycles. The first-order chi connectivity index (χ1) is 12.3. The van der Waals surface area contributed by atoms with Gasteiger partial charge in [0, 0.05) is 44.5 Å². The number of aromatic nitrogens is 1. The predicted octanol–water partition coefficient (Wildman–Crippen LogP) is 4.46. The standard InChI is InChI=1S/C17H15BrF5N3/c18-13-3-1-2-11(15(13)20)10-25-4-6-26(7-5-25)16-14(19)8-12(9-24-16)17(21,22)23/h1-3,8-9H,4-7,10H2. The minimum atomic E-state index is -4.63. The molecule has 0 N–H and O–H groups in total. The second kappa shape index (κ2) is 7.48. The SMILES string of the molecule is Fc1cc(C(F)(F)F)cnc1N1CCN(Cc2cccc(Br)c2F)CC1. The van der Waals surface area contributed by atoms with Crippen molar-refractivity contribution in [2.75, 3.05) is 31.1 Å². The van der Waals surface area contributed by atoms with Crippen molar-refractivity contribution < 1.29 is 22.0 Å². The number of pyridine rings is 1. The van der Waals surface area contributed by atoms with Gasteiger partial charge in [-0.25, -0.2) is 13.8 Å². The van der Waals surface area contributed by atoms with E-state index >= 15 is 0 Å². The second-order valence-corrected chi connectivity index (χ2v) is 6.86. The van der Waals surface area contributed by atoms with Crippen LogP contribution in [0.4, 0.5) is 27.8 Å². The molecule has 1 aliphatic heterocycles. The van der Waals surface area contributed by atoms with Gasteiger partial charge in [0.1, 0.15) is 5.82 Å². The molecule has 0 bridgehead atoms. The first kappa shape index (κ1) is 19.0. The van der Waals surface area contributed by atoms with E-state index in [1.807, 2.05) is 4.90 Å². The van der Waals surface area contributed by atoms with Gasteiger partial charge in [-0.15, -0.1) is 0 Å². The molecule has 0 unspecified atom stereocenters. The summed E-state index contributed by atoms with van der Waals surface area (Å²) in [6.07, 6.45) is -3.99. The highest BCUT2D eigenvalue weighted by atomic mass is 79.9. The van der Waals surface area contributed by atoms with Gasteiger partial charge in [-0.05, 0) is 28.1 Å². The largest absolute Gasteiger partial charge is 0.417 e. The van der Waals surface area contributed by atoms with E-state index in [0.29, 0.717) is 55.0 Å². The molecule has 3 rings (SSSR count). The minimum absolute atomic E-state index is 0.0914. The average molecular weight is 436 g/mol. The summed E-state index contributed by atoms with van der Waals surface area (Å²) in [5, 5.41) is 0. The summed E-state index contributed by atoms with van der Waals surface area (Å²) in [5.41, 5.74) is -0.561. The molecule has 0 radical (unpaired) electrons. The molecular formula is C17H15BrF5N3. The zero-order chi connectivity index (χ0) is 18.9. The highest BCUT2D eigenvalue weighted by Gasteiger charge is 2.32. The Balaban J connectivity index is 1.64. The molecule has 0 saturated carbocycles. The fourth-order valence-electron chi connectivity index (χ4n) is 2.85. The number of rotatable bonds is 3. The van der Waals surface area contributed by atoms with Gasteiger partial charge in [0.2, 0.25) is 0 Å². The Morgan fingerprint density at radius 2 is 1.77 bits per heavy atom. The number of nitrogens with zero attached hydrogens (tertiary/aromatic N) is 3. The molecule has 26 heavy (non-hydrogen) atoms. The van der Waals surface area contributed by atoms with Crippen LogP contribution in [0.3, 0.4) is 0 Å². The lowest BCUT2D eigenvalue weighted by Crippen LogP contribution is -2.46. The Labute approximate surface area is 155 Å². The molecule has 1 aromatic carbocycles. The quantitative estimate of drug-likeness (QED) is 0.663. The van der Waals surface area contributed by atoms with E-state index in [4.69, 9.17) is 0 Å². The lowest BCUT2D eigenvalue weighted by molar-refractivity contribution is -0.138. The van der Waals surface area contributed by atoms with Crippen molar-refractivity contribution in [2.24, 2.45) is 0 Å². The van der Waals surface area contributed by atoms with Gasteiger partial charge in [0.25, 0.3) is 0 Å². The molecule has 9 heteroatoms. The van der Waals surface area contributed by atoms with Crippen molar-refractivity contribution in [3.8, 4) is 0 Å². The number of halogens is 6. The van der Waals surface area contributed by atoms with E-state index in [0.717, 1.165) is 0 Å². The maximum absolute atomic E-state index is 14.0. The summed E-state index contributed by atoms with van der Waals surface area (Å²) in [5.74, 6) is -1.40. The van der Waals surface area contributed by atoms with Crippen LogP contribution in [-0.2, 0) is 12.7 Å². The first-order valence-corrected chi connectivity index (χ1v) is 8.68. The first-order valence-electron chi connectivity index (χ1n) is 7.88. The van der Waals surface area contributed by atoms with E-state index in [9.17, 15) is 22.0 Å². The van der Waals surface area contributed by atoms with Crippen LogP contribution in [0.1, 0.15) is 11.1 Å². The van der Waals surface area contributed by atoms with Gasteiger partial charge in [-0.3, -0.25) is 4.90 Å². The van der Waals surface area contributed by atoms with Gasteiger partial charge in [-0.1, -0.05) is 12.1 Å². The minimum Gasteiger partial charge on any atom is -0.352 e. The number of alkyl halides is 3. The maximum Gasteiger partial charge on any atom is 0.417 e. The lowest BCUT2D eigenvalue weighted by Gasteiger charge is -2.35. The Morgan fingerprint density at radius 1 is 1.08 bits per heavy atom. The van der Waals surface area contributed by atoms with E-state index in [-0.39, 0.29) is 11.6 Å². The summed E-state index contributed by atoms with van der Waals surface area (Å²) in [4.78, 5) is 7.25. The zero-order valence-electron chi connectivity index (χ0n) is 13.5. The van der Waals surface area contributed by atoms with Crippen LogP contribution in [0, 0.1) is 11.6 Å². The molecule has 0 aliphatic carbocycles. The number of piperazine rings is 1. The van der Waals surface area contributed by atoms with Crippen molar-refractivity contribution in [1.82, 2.24) is 9.88 Å². The van der Waals surface area contributed by atoms with Crippen molar-refractivity contribution in [1.29, 1.82) is 0 Å². The summed E-state index contributed by atoms with van der Waals surface area (Å²) >= 11 is 3.15. The van der Waals surface area contributed by atoms with Crippen LogP contribution in [0.5, 0.6) is 0 Å². The molecule has 1 fully saturated rings. The molecule has 140 valence electrons. The van der Waals surface area contributed by atoms with Crippen molar-refractivity contribution >= 4 is 21.7 Å². The second-order valence-electron chi connectivity index (χ2n) is 6.00. The van der Waals surface area contributed by atoms with E-state index in [2.05, 4.69) is 20.9 Å². The fraction of sp³-hybridized carbons (Fsp3) is 0.353. The van der Waals surface area contributed by atoms with Crippen LogP contribution < -0.4 is 4.90 Å². The number of hydrogen-bond acceptors (Lipinski definition) is 3. The van der Waals surface area contributed by atoms with Crippen molar-refractivity contribution in [3.63, 3.8) is 0 Å². The summed E-state index contributed by atoms with van der Waals surface area (Å²) < 4.78 is 66.3. The van der Waals surface area contributed by atoms with Crippen LogP contribution in [0.2, 0.25) is 0 Å². The van der Waals surface area contributed by atoms with Crippen molar-refractivity contribution in [3.05, 3.63) is 57.7 Å². The Kier molecular flexibility index (Phi) is 5.47. The molecule has 0 spiro atoms. The van der Waals surface area contributed by atoms with Gasteiger partial charge in [0.05, 0.1) is 10.0 Å². The topological polar surface area (TPSA) is 19.4 Å². The van der Waals surface area contributed by atoms with Crippen LogP contribution in [0.25, 0.3) is 0 Å². The molecule has 1 aliphatic rings. The third-order valence-corrected chi connectivity index (χ3v) is 4.86.